The number of anilines is 2. The van der Waals surface area contributed by atoms with Crippen molar-refractivity contribution < 1.29 is 19.1 Å². The van der Waals surface area contributed by atoms with Gasteiger partial charge in [0.25, 0.3) is 0 Å². The number of aromatic nitrogens is 4. The minimum Gasteiger partial charge on any atom is -0.449 e. The van der Waals surface area contributed by atoms with Gasteiger partial charge in [0.05, 0.1) is 17.7 Å². The molecule has 3 atom stereocenters. The molecule has 4 heterocycles. The van der Waals surface area contributed by atoms with E-state index in [0.29, 0.717) is 46.1 Å². The summed E-state index contributed by atoms with van der Waals surface area (Å²) in [4.78, 5) is 53.0. The highest BCUT2D eigenvalue weighted by molar-refractivity contribution is 9.10. The maximum absolute atomic E-state index is 13.5. The number of amides is 3. The van der Waals surface area contributed by atoms with Crippen LogP contribution in [0.2, 0.25) is 0 Å². The van der Waals surface area contributed by atoms with E-state index in [0.717, 1.165) is 19.3 Å². The normalized spacial score (nSPS) is 20.2. The minimum atomic E-state index is -0.573. The first-order chi connectivity index (χ1) is 17.4. The number of carbonyl (C=O) groups excluding carboxylic acids is 3. The first-order valence-electron chi connectivity index (χ1n) is 11.9. The molecular weight excluding hydrogens is 530 g/mol. The second-order valence-electron chi connectivity index (χ2n) is 9.00. The van der Waals surface area contributed by atoms with Crippen molar-refractivity contribution in [3.8, 4) is 0 Å². The molecule has 0 unspecified atom stereocenters. The molecule has 3 aromatic heterocycles. The second-order valence-corrected chi connectivity index (χ2v) is 9.81. The van der Waals surface area contributed by atoms with Gasteiger partial charge in [0.15, 0.2) is 0 Å². The van der Waals surface area contributed by atoms with E-state index in [1.807, 2.05) is 6.92 Å². The molecule has 1 aliphatic carbocycles. The fourth-order valence-corrected chi connectivity index (χ4v) is 5.01. The summed E-state index contributed by atoms with van der Waals surface area (Å²) in [6.45, 7) is 2.31. The van der Waals surface area contributed by atoms with Gasteiger partial charge >= 0.3 is 6.09 Å². The van der Waals surface area contributed by atoms with Crippen LogP contribution < -0.4 is 10.6 Å². The number of unbranched alkanes of at least 4 members (excludes halogenated alkanes) is 1. The Bertz CT molecular complexity index is 1310. The molecule has 0 bridgehead atoms. The van der Waals surface area contributed by atoms with E-state index >= 15 is 0 Å². The summed E-state index contributed by atoms with van der Waals surface area (Å²) in [5.74, 6) is 0.323. The monoisotopic (exact) mass is 555 g/mol. The zero-order chi connectivity index (χ0) is 25.2. The highest BCUT2D eigenvalue weighted by Crippen LogP contribution is 2.48. The van der Waals surface area contributed by atoms with Crippen LogP contribution in [0.4, 0.5) is 16.3 Å². The Labute approximate surface area is 215 Å². The lowest BCUT2D eigenvalue weighted by atomic mass is 10.1. The Morgan fingerprint density at radius 3 is 2.89 bits per heavy atom. The van der Waals surface area contributed by atoms with E-state index in [1.165, 1.54) is 6.33 Å². The molecule has 1 saturated heterocycles. The summed E-state index contributed by atoms with van der Waals surface area (Å²) in [7, 11) is 0. The van der Waals surface area contributed by atoms with Crippen LogP contribution in [0.5, 0.6) is 0 Å². The zero-order valence-electron chi connectivity index (χ0n) is 19.7. The van der Waals surface area contributed by atoms with Gasteiger partial charge in [-0.3, -0.25) is 14.9 Å². The first-order valence-corrected chi connectivity index (χ1v) is 12.7. The lowest BCUT2D eigenvalue weighted by molar-refractivity contribution is -0.138. The SMILES string of the molecule is CCCCOC(=O)Nc1cn(CC(=O)N2[C@@H]3C[C@@H]3C[C@H]2C(=O)Nc2cccc(Br)n2)c2ncncc12. The number of ether oxygens (including phenoxy) is 1. The number of rotatable bonds is 8. The van der Waals surface area contributed by atoms with Crippen molar-refractivity contribution in [1.29, 1.82) is 0 Å². The van der Waals surface area contributed by atoms with Gasteiger partial charge in [0.2, 0.25) is 11.8 Å². The summed E-state index contributed by atoms with van der Waals surface area (Å²) in [5, 5.41) is 6.14. The average molecular weight is 556 g/mol. The topological polar surface area (TPSA) is 131 Å². The second kappa shape index (κ2) is 10.2. The van der Waals surface area contributed by atoms with E-state index in [4.69, 9.17) is 4.74 Å². The molecule has 5 rings (SSSR count). The molecule has 0 radical (unpaired) electrons. The number of nitrogens with one attached hydrogen (secondary N) is 2. The maximum atomic E-state index is 13.5. The van der Waals surface area contributed by atoms with Crippen molar-refractivity contribution in [2.24, 2.45) is 5.92 Å². The largest absolute Gasteiger partial charge is 0.449 e. The number of piperidine rings is 1. The third-order valence-corrected chi connectivity index (χ3v) is 6.91. The van der Waals surface area contributed by atoms with E-state index < -0.39 is 12.1 Å². The van der Waals surface area contributed by atoms with Crippen LogP contribution >= 0.6 is 15.9 Å². The summed E-state index contributed by atoms with van der Waals surface area (Å²) in [6.07, 6.45) is 7.27. The Balaban J connectivity index is 1.31. The van der Waals surface area contributed by atoms with Gasteiger partial charge in [-0.15, -0.1) is 0 Å². The molecule has 1 aliphatic heterocycles. The summed E-state index contributed by atoms with van der Waals surface area (Å²) >= 11 is 3.30. The van der Waals surface area contributed by atoms with E-state index in [-0.39, 0.29) is 24.4 Å². The highest BCUT2D eigenvalue weighted by atomic mass is 79.9. The Morgan fingerprint density at radius 1 is 1.22 bits per heavy atom. The molecule has 2 fully saturated rings. The van der Waals surface area contributed by atoms with E-state index in [2.05, 4.69) is 41.5 Å². The zero-order valence-corrected chi connectivity index (χ0v) is 21.3. The van der Waals surface area contributed by atoms with Crippen molar-refractivity contribution in [3.05, 3.63) is 41.5 Å². The summed E-state index contributed by atoms with van der Waals surface area (Å²) in [5.41, 5.74) is 0.966. The van der Waals surface area contributed by atoms with Crippen LogP contribution in [0.15, 0.2) is 41.5 Å². The maximum Gasteiger partial charge on any atom is 0.411 e. The van der Waals surface area contributed by atoms with Gasteiger partial charge in [-0.1, -0.05) is 19.4 Å². The number of halogens is 1. The standard InChI is InChI=1S/C24H26BrN7O4/c1-2-3-7-36-24(35)28-16-11-31(22-15(16)10-26-13-27-22)12-21(33)32-17-8-14(17)9-18(32)23(34)30-20-6-4-5-19(25)29-20/h4-6,10-11,13-14,17-18H,2-3,7-9,12H2,1H3,(H,28,35)(H,29,30,34)/t14-,17-,18+/m1/s1. The summed E-state index contributed by atoms with van der Waals surface area (Å²) in [6, 6.07) is 4.76. The number of pyridine rings is 1. The predicted octanol–water partition coefficient (Wildman–Crippen LogP) is 3.57. The first kappa shape index (κ1) is 24.2. The molecule has 0 spiro atoms. The Kier molecular flexibility index (Phi) is 6.86. The van der Waals surface area contributed by atoms with E-state index in [9.17, 15) is 14.4 Å². The molecule has 36 heavy (non-hydrogen) atoms. The fourth-order valence-electron chi connectivity index (χ4n) is 4.67. The van der Waals surface area contributed by atoms with Crippen LogP contribution in [0, 0.1) is 5.92 Å². The molecular formula is C24H26BrN7O4. The molecule has 12 heteroatoms. The number of likely N-dealkylation sites (tertiary alicyclic amines) is 1. The third kappa shape index (κ3) is 5.03. The predicted molar refractivity (Wildman–Crippen MR) is 135 cm³/mol. The molecule has 3 aromatic rings. The molecule has 11 nitrogen and oxygen atoms in total. The fraction of sp³-hybridized carbons (Fsp3) is 0.417. The number of nitrogens with zero attached hydrogens (tertiary/aromatic N) is 5. The average Bonchev–Trinajstić information content (AvgIpc) is 3.39. The molecule has 188 valence electrons. The lowest BCUT2D eigenvalue weighted by Gasteiger charge is -2.27. The van der Waals surface area contributed by atoms with Crippen molar-refractivity contribution in [1.82, 2.24) is 24.4 Å². The quantitative estimate of drug-likeness (QED) is 0.320. The Morgan fingerprint density at radius 2 is 2.08 bits per heavy atom. The van der Waals surface area contributed by atoms with Crippen molar-refractivity contribution >= 4 is 56.4 Å². The van der Waals surface area contributed by atoms with Gasteiger partial charge in [-0.2, -0.15) is 0 Å². The van der Waals surface area contributed by atoms with Crippen LogP contribution in [-0.4, -0.2) is 61.0 Å². The minimum absolute atomic E-state index is 0.0256. The molecule has 0 aromatic carbocycles. The third-order valence-electron chi connectivity index (χ3n) is 6.47. The number of hydrogen-bond donors (Lipinski definition) is 2. The van der Waals surface area contributed by atoms with E-state index in [1.54, 1.807) is 40.1 Å². The molecule has 3 amide bonds. The van der Waals surface area contributed by atoms with Crippen molar-refractivity contribution in [2.75, 3.05) is 17.2 Å². The van der Waals surface area contributed by atoms with Crippen molar-refractivity contribution in [3.63, 3.8) is 0 Å². The summed E-state index contributed by atoms with van der Waals surface area (Å²) < 4.78 is 7.48. The lowest BCUT2D eigenvalue weighted by Crippen LogP contribution is -2.46. The van der Waals surface area contributed by atoms with Gasteiger partial charge in [-0.05, 0) is 53.2 Å². The molecule has 2 N–H and O–H groups in total. The van der Waals surface area contributed by atoms with Gasteiger partial charge < -0.3 is 19.5 Å². The number of fused-ring (bicyclic) bond motifs is 2. The van der Waals surface area contributed by atoms with Crippen LogP contribution in [0.3, 0.4) is 0 Å². The Hall–Kier alpha value is -3.54. The molecule has 2 aliphatic rings. The van der Waals surface area contributed by atoms with Crippen LogP contribution in [-0.2, 0) is 20.9 Å². The van der Waals surface area contributed by atoms with Crippen LogP contribution in [0.1, 0.15) is 32.6 Å². The number of carbonyl (C=O) groups is 3. The smallest absolute Gasteiger partial charge is 0.411 e. The number of hydrogen-bond acceptors (Lipinski definition) is 7. The molecule has 1 saturated carbocycles. The van der Waals surface area contributed by atoms with Gasteiger partial charge in [0, 0.05) is 18.4 Å². The van der Waals surface area contributed by atoms with Crippen molar-refractivity contribution in [2.45, 2.75) is 51.2 Å². The van der Waals surface area contributed by atoms with Gasteiger partial charge in [0.1, 0.15) is 35.0 Å². The van der Waals surface area contributed by atoms with Gasteiger partial charge in [-0.25, -0.2) is 19.7 Å². The highest BCUT2D eigenvalue weighted by Gasteiger charge is 2.56. The van der Waals surface area contributed by atoms with Crippen LogP contribution in [0.25, 0.3) is 11.0 Å².